The highest BCUT2D eigenvalue weighted by Gasteiger charge is 2.50. The van der Waals surface area contributed by atoms with Gasteiger partial charge in [-0.3, -0.25) is 0 Å². The molecule has 3 atom stereocenters. The molecule has 0 radical (unpaired) electrons. The molecule has 4 rings (SSSR count). The van der Waals surface area contributed by atoms with E-state index >= 15 is 0 Å². The lowest BCUT2D eigenvalue weighted by Crippen LogP contribution is -2.58. The number of benzene rings is 1. The zero-order valence-electron chi connectivity index (χ0n) is 18.5. The third kappa shape index (κ3) is 4.52. The highest BCUT2D eigenvalue weighted by atomic mass is 16.6. The van der Waals surface area contributed by atoms with Crippen molar-refractivity contribution in [2.75, 3.05) is 6.61 Å². The van der Waals surface area contributed by atoms with E-state index in [0.29, 0.717) is 10.8 Å². The molecule has 5 N–H and O–H groups in total. The standard InChI is InChI=1S/C23H26O11/c1-22(2,29)15(33-21(28)23(30)8-13(24)17(27)14(25)9-23)10-32-20-18-12(5-6-31-18)7-11-3-4-16(26)34-19(11)20/h3-7,13-15,17,24-25,27,29-30H,8-10H2,1-2H3/t13-,14-,15?,17?,23?/m1/s1. The molecule has 1 fully saturated rings. The second-order valence-corrected chi connectivity index (χ2v) is 9.14. The number of hydrogen-bond donors (Lipinski definition) is 5. The summed E-state index contributed by atoms with van der Waals surface area (Å²) in [5, 5.41) is 52.0. The number of esters is 1. The maximum Gasteiger partial charge on any atom is 0.338 e. The zero-order chi connectivity index (χ0) is 24.8. The molecule has 1 aliphatic carbocycles. The highest BCUT2D eigenvalue weighted by Crippen LogP contribution is 2.36. The number of fused-ring (bicyclic) bond motifs is 2. The Morgan fingerprint density at radius 1 is 1.15 bits per heavy atom. The van der Waals surface area contributed by atoms with Crippen molar-refractivity contribution in [3.05, 3.63) is 40.9 Å². The Kier molecular flexibility index (Phi) is 6.17. The van der Waals surface area contributed by atoms with Gasteiger partial charge in [-0.05, 0) is 32.0 Å². The predicted octanol–water partition coefficient (Wildman–Crippen LogP) is 0.208. The molecule has 1 aliphatic rings. The van der Waals surface area contributed by atoms with Crippen LogP contribution in [-0.4, -0.2) is 73.7 Å². The van der Waals surface area contributed by atoms with Crippen LogP contribution in [0, 0.1) is 0 Å². The van der Waals surface area contributed by atoms with Crippen LogP contribution in [0.15, 0.2) is 44.2 Å². The first-order chi connectivity index (χ1) is 15.9. The second kappa shape index (κ2) is 8.67. The second-order valence-electron chi connectivity index (χ2n) is 9.14. The molecule has 184 valence electrons. The maximum atomic E-state index is 12.8. The van der Waals surface area contributed by atoms with E-state index in [1.165, 1.54) is 26.2 Å². The van der Waals surface area contributed by atoms with Crippen molar-refractivity contribution < 1.29 is 48.6 Å². The summed E-state index contributed by atoms with van der Waals surface area (Å²) in [6, 6.07) is 6.23. The van der Waals surface area contributed by atoms with Gasteiger partial charge in [-0.1, -0.05) is 0 Å². The number of rotatable bonds is 6. The summed E-state index contributed by atoms with van der Waals surface area (Å²) >= 11 is 0. The van der Waals surface area contributed by atoms with Crippen molar-refractivity contribution in [3.63, 3.8) is 0 Å². The van der Waals surface area contributed by atoms with Gasteiger partial charge in [0.1, 0.15) is 12.7 Å². The minimum atomic E-state index is -2.29. The van der Waals surface area contributed by atoms with Crippen LogP contribution in [-0.2, 0) is 9.53 Å². The van der Waals surface area contributed by atoms with Gasteiger partial charge in [0.25, 0.3) is 0 Å². The molecule has 3 aromatic rings. The molecule has 0 bridgehead atoms. The van der Waals surface area contributed by atoms with Crippen molar-refractivity contribution in [1.82, 2.24) is 0 Å². The van der Waals surface area contributed by atoms with Gasteiger partial charge in [-0.2, -0.15) is 0 Å². The summed E-state index contributed by atoms with van der Waals surface area (Å²) in [6.45, 7) is 2.29. The van der Waals surface area contributed by atoms with Gasteiger partial charge < -0.3 is 43.8 Å². The fraction of sp³-hybridized carbons (Fsp3) is 0.478. The van der Waals surface area contributed by atoms with E-state index in [9.17, 15) is 35.1 Å². The van der Waals surface area contributed by atoms with Crippen molar-refractivity contribution >= 4 is 27.9 Å². The summed E-state index contributed by atoms with van der Waals surface area (Å²) in [5.41, 5.74) is -4.18. The van der Waals surface area contributed by atoms with Crippen LogP contribution in [0.3, 0.4) is 0 Å². The Labute approximate surface area is 192 Å². The highest BCUT2D eigenvalue weighted by molar-refractivity contribution is 5.99. The first-order valence-electron chi connectivity index (χ1n) is 10.7. The molecule has 0 aliphatic heterocycles. The number of aliphatic hydroxyl groups is 5. The average molecular weight is 478 g/mol. The maximum absolute atomic E-state index is 12.8. The van der Waals surface area contributed by atoms with Gasteiger partial charge in [0.05, 0.1) is 24.1 Å². The van der Waals surface area contributed by atoms with Crippen LogP contribution < -0.4 is 10.4 Å². The molecule has 11 heteroatoms. The molecular weight excluding hydrogens is 452 g/mol. The van der Waals surface area contributed by atoms with Crippen molar-refractivity contribution in [2.24, 2.45) is 0 Å². The first kappa shape index (κ1) is 24.2. The molecule has 34 heavy (non-hydrogen) atoms. The lowest BCUT2D eigenvalue weighted by Gasteiger charge is -2.40. The first-order valence-corrected chi connectivity index (χ1v) is 10.7. The fourth-order valence-electron chi connectivity index (χ4n) is 3.96. The summed E-state index contributed by atoms with van der Waals surface area (Å²) in [4.78, 5) is 24.6. The summed E-state index contributed by atoms with van der Waals surface area (Å²) in [7, 11) is 0. The Balaban J connectivity index is 1.60. The number of hydrogen-bond acceptors (Lipinski definition) is 11. The monoisotopic (exact) mass is 478 g/mol. The van der Waals surface area contributed by atoms with Crippen molar-refractivity contribution in [1.29, 1.82) is 0 Å². The predicted molar refractivity (Wildman–Crippen MR) is 116 cm³/mol. The lowest BCUT2D eigenvalue weighted by molar-refractivity contribution is -0.206. The molecule has 1 aromatic carbocycles. The van der Waals surface area contributed by atoms with E-state index in [-0.39, 0.29) is 16.9 Å². The smallest absolute Gasteiger partial charge is 0.338 e. The Bertz CT molecular complexity index is 1240. The third-order valence-corrected chi connectivity index (χ3v) is 5.96. The molecule has 0 amide bonds. The molecule has 11 nitrogen and oxygen atoms in total. The average Bonchev–Trinajstić information content (AvgIpc) is 3.21. The van der Waals surface area contributed by atoms with E-state index < -0.39 is 66.7 Å². The number of aliphatic hydroxyl groups excluding tert-OH is 3. The minimum absolute atomic E-state index is 0.0610. The van der Waals surface area contributed by atoms with E-state index in [4.69, 9.17) is 18.3 Å². The Hall–Kier alpha value is -2.96. The van der Waals surface area contributed by atoms with Crippen LogP contribution >= 0.6 is 0 Å². The number of furan rings is 1. The van der Waals surface area contributed by atoms with Crippen LogP contribution in [0.2, 0.25) is 0 Å². The van der Waals surface area contributed by atoms with E-state index in [0.717, 1.165) is 0 Å². The van der Waals surface area contributed by atoms with Crippen molar-refractivity contribution in [3.8, 4) is 5.75 Å². The molecular formula is C23H26O11. The fourth-order valence-corrected chi connectivity index (χ4v) is 3.96. The summed E-state index contributed by atoms with van der Waals surface area (Å²) in [6.07, 6.45) is -5.66. The molecule has 2 aromatic heterocycles. The Morgan fingerprint density at radius 2 is 1.79 bits per heavy atom. The van der Waals surface area contributed by atoms with Gasteiger partial charge in [0, 0.05) is 29.7 Å². The molecule has 0 saturated heterocycles. The van der Waals surface area contributed by atoms with Crippen molar-refractivity contribution in [2.45, 2.75) is 62.3 Å². The van der Waals surface area contributed by atoms with Crippen LogP contribution in [0.4, 0.5) is 0 Å². The van der Waals surface area contributed by atoms with Gasteiger partial charge >= 0.3 is 11.6 Å². The number of carbonyl (C=O) groups excluding carboxylic acids is 1. The third-order valence-electron chi connectivity index (χ3n) is 5.96. The van der Waals surface area contributed by atoms with Gasteiger partial charge in [0.2, 0.25) is 5.75 Å². The largest absolute Gasteiger partial charge is 0.482 e. The SMILES string of the molecule is CC(C)(O)C(COc1c2occc2cc2ccc(=O)oc12)OC(=O)C1(O)C[C@@H](O)C(O)[C@H](O)C1. The summed E-state index contributed by atoms with van der Waals surface area (Å²) < 4.78 is 21.9. The van der Waals surface area contributed by atoms with Gasteiger partial charge in [-0.15, -0.1) is 0 Å². The molecule has 1 unspecified atom stereocenters. The molecule has 2 heterocycles. The van der Waals surface area contributed by atoms with Crippen LogP contribution in [0.25, 0.3) is 21.9 Å². The molecule has 0 spiro atoms. The quantitative estimate of drug-likeness (QED) is 0.241. The molecule has 1 saturated carbocycles. The van der Waals surface area contributed by atoms with E-state index in [2.05, 4.69) is 0 Å². The van der Waals surface area contributed by atoms with Gasteiger partial charge in [-0.25, -0.2) is 9.59 Å². The number of carbonyl (C=O) groups is 1. The summed E-state index contributed by atoms with van der Waals surface area (Å²) in [5.74, 6) is -1.15. The zero-order valence-corrected chi connectivity index (χ0v) is 18.5. The Morgan fingerprint density at radius 3 is 2.44 bits per heavy atom. The normalized spacial score (nSPS) is 26.5. The van der Waals surface area contributed by atoms with Crippen LogP contribution in [0.5, 0.6) is 5.75 Å². The van der Waals surface area contributed by atoms with E-state index in [1.54, 1.807) is 18.2 Å². The minimum Gasteiger partial charge on any atom is -0.482 e. The van der Waals surface area contributed by atoms with Crippen LogP contribution in [0.1, 0.15) is 26.7 Å². The number of ether oxygens (including phenoxy) is 2. The lowest BCUT2D eigenvalue weighted by atomic mass is 9.79. The van der Waals surface area contributed by atoms with E-state index in [1.807, 2.05) is 0 Å². The van der Waals surface area contributed by atoms with Gasteiger partial charge in [0.15, 0.2) is 22.9 Å². The topological polar surface area (TPSA) is 180 Å².